The standard InChI is InChI=1S/C27H30ClN5O4/c1-19-24(30-31-33(19)22-11-9-21(28)10-12-22)25(34)32-15-17-37-27(18-32)13-5-4-7-20-6-2-3-8-23(20)36-16-14-29-26(27)35/h2-3,6,8-12H,4-5,7,13-18H2,1H3,(H,29,35). The van der Waals surface area contributed by atoms with Gasteiger partial charge in [-0.15, -0.1) is 5.10 Å². The molecule has 5 rings (SSSR count). The Balaban J connectivity index is 1.33. The molecule has 1 atom stereocenters. The largest absolute Gasteiger partial charge is 0.491 e. The van der Waals surface area contributed by atoms with Gasteiger partial charge in [0.15, 0.2) is 11.3 Å². The van der Waals surface area contributed by atoms with Gasteiger partial charge in [0.1, 0.15) is 12.4 Å². The van der Waals surface area contributed by atoms with E-state index in [9.17, 15) is 9.59 Å². The van der Waals surface area contributed by atoms with Crippen LogP contribution in [0.25, 0.3) is 5.69 Å². The van der Waals surface area contributed by atoms with E-state index >= 15 is 0 Å². The van der Waals surface area contributed by atoms with E-state index in [2.05, 4.69) is 21.7 Å². The van der Waals surface area contributed by atoms with E-state index in [1.165, 1.54) is 0 Å². The molecule has 1 aromatic heterocycles. The van der Waals surface area contributed by atoms with Gasteiger partial charge in [-0.1, -0.05) is 35.0 Å². The molecule has 1 fully saturated rings. The molecule has 0 saturated carbocycles. The highest BCUT2D eigenvalue weighted by atomic mass is 35.5. The van der Waals surface area contributed by atoms with Crippen LogP contribution in [-0.4, -0.2) is 70.2 Å². The van der Waals surface area contributed by atoms with Crippen molar-refractivity contribution in [2.24, 2.45) is 0 Å². The number of morpholine rings is 1. The number of rotatable bonds is 2. The Morgan fingerprint density at radius 3 is 2.76 bits per heavy atom. The molecule has 37 heavy (non-hydrogen) atoms. The number of aromatic nitrogens is 3. The van der Waals surface area contributed by atoms with Gasteiger partial charge in [-0.05, 0) is 68.5 Å². The molecule has 1 N–H and O–H groups in total. The van der Waals surface area contributed by atoms with Gasteiger partial charge in [-0.2, -0.15) is 0 Å². The monoisotopic (exact) mass is 523 g/mol. The van der Waals surface area contributed by atoms with Crippen molar-refractivity contribution >= 4 is 23.4 Å². The summed E-state index contributed by atoms with van der Waals surface area (Å²) in [7, 11) is 0. The summed E-state index contributed by atoms with van der Waals surface area (Å²) >= 11 is 6.00. The first-order valence-electron chi connectivity index (χ1n) is 12.6. The van der Waals surface area contributed by atoms with Crippen LogP contribution in [0.5, 0.6) is 5.75 Å². The van der Waals surface area contributed by atoms with Gasteiger partial charge in [-0.25, -0.2) is 4.68 Å². The molecule has 0 aliphatic carbocycles. The van der Waals surface area contributed by atoms with Crippen LogP contribution in [0.4, 0.5) is 0 Å². The molecular weight excluding hydrogens is 494 g/mol. The van der Waals surface area contributed by atoms with Crippen LogP contribution in [0.15, 0.2) is 48.5 Å². The van der Waals surface area contributed by atoms with E-state index in [1.807, 2.05) is 30.3 Å². The van der Waals surface area contributed by atoms with E-state index < -0.39 is 5.60 Å². The highest BCUT2D eigenvalue weighted by molar-refractivity contribution is 6.30. The number of nitrogens with zero attached hydrogens (tertiary/aromatic N) is 4. The fourth-order valence-electron chi connectivity index (χ4n) is 4.93. The minimum atomic E-state index is -1.12. The van der Waals surface area contributed by atoms with Crippen LogP contribution in [0, 0.1) is 6.92 Å². The minimum Gasteiger partial charge on any atom is -0.491 e. The quantitative estimate of drug-likeness (QED) is 0.553. The smallest absolute Gasteiger partial charge is 0.276 e. The number of halogens is 1. The van der Waals surface area contributed by atoms with Crippen molar-refractivity contribution in [2.75, 3.05) is 32.8 Å². The van der Waals surface area contributed by atoms with Gasteiger partial charge in [-0.3, -0.25) is 9.59 Å². The number of benzene rings is 2. The maximum Gasteiger partial charge on any atom is 0.276 e. The van der Waals surface area contributed by atoms with Crippen LogP contribution < -0.4 is 10.1 Å². The zero-order valence-electron chi connectivity index (χ0n) is 20.8. The fourth-order valence-corrected chi connectivity index (χ4v) is 5.05. The molecule has 1 unspecified atom stereocenters. The number of para-hydroxylation sites is 1. The summed E-state index contributed by atoms with van der Waals surface area (Å²) in [5.74, 6) is 0.375. The number of aryl methyl sites for hydroxylation is 1. The Labute approximate surface area is 220 Å². The summed E-state index contributed by atoms with van der Waals surface area (Å²) in [6, 6.07) is 15.2. The number of carbonyl (C=O) groups is 2. The van der Waals surface area contributed by atoms with Crippen LogP contribution in [-0.2, 0) is 16.0 Å². The van der Waals surface area contributed by atoms with Gasteiger partial charge < -0.3 is 19.7 Å². The first-order valence-corrected chi connectivity index (χ1v) is 13.0. The predicted molar refractivity (Wildman–Crippen MR) is 138 cm³/mol. The summed E-state index contributed by atoms with van der Waals surface area (Å²) in [6.45, 7) is 3.30. The molecule has 9 nitrogen and oxygen atoms in total. The van der Waals surface area contributed by atoms with Crippen molar-refractivity contribution in [2.45, 2.75) is 38.2 Å². The topological polar surface area (TPSA) is 98.6 Å². The van der Waals surface area contributed by atoms with Crippen molar-refractivity contribution < 1.29 is 19.1 Å². The summed E-state index contributed by atoms with van der Waals surface area (Å²) in [5.41, 5.74) is 1.67. The van der Waals surface area contributed by atoms with Gasteiger partial charge >= 0.3 is 0 Å². The van der Waals surface area contributed by atoms with E-state index in [4.69, 9.17) is 21.1 Å². The number of hydrogen-bond acceptors (Lipinski definition) is 6. The van der Waals surface area contributed by atoms with Crippen LogP contribution in [0.1, 0.15) is 41.0 Å². The fraction of sp³-hybridized carbons (Fsp3) is 0.407. The number of carbonyl (C=O) groups excluding carboxylic acids is 2. The average molecular weight is 524 g/mol. The van der Waals surface area contributed by atoms with Gasteiger partial charge in [0.2, 0.25) is 0 Å². The lowest BCUT2D eigenvalue weighted by Gasteiger charge is -2.41. The summed E-state index contributed by atoms with van der Waals surface area (Å²) in [5, 5.41) is 11.9. The molecule has 2 amide bonds. The molecular formula is C27H30ClN5O4. The molecule has 3 aromatic rings. The summed E-state index contributed by atoms with van der Waals surface area (Å²) < 4.78 is 13.7. The molecule has 10 heteroatoms. The molecule has 2 aliphatic heterocycles. The maximum atomic E-state index is 13.5. The number of amides is 2. The van der Waals surface area contributed by atoms with E-state index in [0.29, 0.717) is 36.8 Å². The molecule has 1 saturated heterocycles. The lowest BCUT2D eigenvalue weighted by molar-refractivity contribution is -0.159. The summed E-state index contributed by atoms with van der Waals surface area (Å²) in [4.78, 5) is 28.6. The maximum absolute atomic E-state index is 13.5. The molecule has 3 heterocycles. The SMILES string of the molecule is Cc1c(C(=O)N2CCOC3(CCCCc4ccccc4OCCNC3=O)C2)nnn1-c1ccc(Cl)cc1. The highest BCUT2D eigenvalue weighted by Gasteiger charge is 2.45. The van der Waals surface area contributed by atoms with Crippen molar-refractivity contribution in [1.82, 2.24) is 25.2 Å². The third kappa shape index (κ3) is 5.33. The van der Waals surface area contributed by atoms with Crippen molar-refractivity contribution in [3.8, 4) is 11.4 Å². The second-order valence-electron chi connectivity index (χ2n) is 9.40. The van der Waals surface area contributed by atoms with E-state index in [1.54, 1.807) is 28.6 Å². The van der Waals surface area contributed by atoms with E-state index in [-0.39, 0.29) is 30.7 Å². The number of nitrogens with one attached hydrogen (secondary N) is 1. The van der Waals surface area contributed by atoms with Crippen LogP contribution in [0.2, 0.25) is 5.02 Å². The van der Waals surface area contributed by atoms with Gasteiger partial charge in [0, 0.05) is 11.6 Å². The molecule has 0 radical (unpaired) electrons. The molecule has 2 aliphatic rings. The van der Waals surface area contributed by atoms with Crippen molar-refractivity contribution in [1.29, 1.82) is 0 Å². The average Bonchev–Trinajstić information content (AvgIpc) is 3.30. The highest BCUT2D eigenvalue weighted by Crippen LogP contribution is 2.28. The first-order chi connectivity index (χ1) is 18.0. The molecule has 194 valence electrons. The first kappa shape index (κ1) is 25.2. The van der Waals surface area contributed by atoms with E-state index in [0.717, 1.165) is 36.3 Å². The Morgan fingerprint density at radius 2 is 1.92 bits per heavy atom. The van der Waals surface area contributed by atoms with Crippen LogP contribution >= 0.6 is 11.6 Å². The molecule has 0 bridgehead atoms. The lowest BCUT2D eigenvalue weighted by atomic mass is 9.91. The molecule has 2 aromatic carbocycles. The third-order valence-electron chi connectivity index (χ3n) is 6.95. The zero-order chi connectivity index (χ0) is 25.8. The number of hydrogen-bond donors (Lipinski definition) is 1. The van der Waals surface area contributed by atoms with Crippen molar-refractivity contribution in [3.05, 3.63) is 70.5 Å². The summed E-state index contributed by atoms with van der Waals surface area (Å²) in [6.07, 6.45) is 3.02. The number of fused-ring (bicyclic) bond motifs is 1. The van der Waals surface area contributed by atoms with Crippen molar-refractivity contribution in [3.63, 3.8) is 0 Å². The second-order valence-corrected chi connectivity index (χ2v) is 9.84. The normalized spacial score (nSPS) is 20.8. The van der Waals surface area contributed by atoms with Gasteiger partial charge in [0.05, 0.1) is 31.1 Å². The zero-order valence-corrected chi connectivity index (χ0v) is 21.5. The van der Waals surface area contributed by atoms with Gasteiger partial charge in [0.25, 0.3) is 11.8 Å². The molecule has 1 spiro atoms. The predicted octanol–water partition coefficient (Wildman–Crippen LogP) is 3.36. The minimum absolute atomic E-state index is 0.155. The Hall–Kier alpha value is -3.43. The second kappa shape index (κ2) is 10.9. The Morgan fingerprint density at radius 1 is 1.11 bits per heavy atom. The lowest BCUT2D eigenvalue weighted by Crippen LogP contribution is -2.61. The van der Waals surface area contributed by atoms with Crippen LogP contribution in [0.3, 0.4) is 0 Å². The Bertz CT molecular complexity index is 1280. The Kier molecular flexibility index (Phi) is 7.43. The number of ether oxygens (including phenoxy) is 2. The third-order valence-corrected chi connectivity index (χ3v) is 7.20.